The summed E-state index contributed by atoms with van der Waals surface area (Å²) < 4.78 is 5.61. The van der Waals surface area contributed by atoms with Gasteiger partial charge in [-0.25, -0.2) is 4.79 Å². The summed E-state index contributed by atoms with van der Waals surface area (Å²) >= 11 is 8.80. The number of amides is 1. The number of carbonyl (C=O) groups excluding carboxylic acids is 2. The fraction of sp³-hybridized carbons (Fsp3) is 0.412. The number of esters is 1. The molecule has 0 fully saturated rings. The number of thiophene rings is 2. The molecule has 0 aliphatic heterocycles. The zero-order chi connectivity index (χ0) is 17.1. The van der Waals surface area contributed by atoms with E-state index in [1.54, 1.807) is 6.07 Å². The first-order chi connectivity index (χ1) is 11.6. The minimum atomic E-state index is -0.371. The fourth-order valence-electron chi connectivity index (χ4n) is 2.92. The maximum atomic E-state index is 12.3. The SMILES string of the molecule is COC(=O)c1c(NC(=O)Cc2ccc(Cl)s2)sc2c1CCCCC2. The van der Waals surface area contributed by atoms with Gasteiger partial charge in [0.15, 0.2) is 0 Å². The van der Waals surface area contributed by atoms with Gasteiger partial charge >= 0.3 is 5.97 Å². The molecular formula is C17H18ClNO3S2. The lowest BCUT2D eigenvalue weighted by molar-refractivity contribution is -0.115. The first kappa shape index (κ1) is 17.5. The monoisotopic (exact) mass is 383 g/mol. The van der Waals surface area contributed by atoms with Gasteiger partial charge in [0.1, 0.15) is 5.00 Å². The van der Waals surface area contributed by atoms with Gasteiger partial charge in [0.25, 0.3) is 0 Å². The van der Waals surface area contributed by atoms with E-state index in [-0.39, 0.29) is 18.3 Å². The maximum Gasteiger partial charge on any atom is 0.341 e. The van der Waals surface area contributed by atoms with Crippen molar-refractivity contribution in [1.82, 2.24) is 0 Å². The van der Waals surface area contributed by atoms with Crippen LogP contribution in [0.15, 0.2) is 12.1 Å². The summed E-state index contributed by atoms with van der Waals surface area (Å²) in [6, 6.07) is 3.62. The van der Waals surface area contributed by atoms with Gasteiger partial charge in [-0.05, 0) is 43.4 Å². The number of hydrogen-bond donors (Lipinski definition) is 1. The van der Waals surface area contributed by atoms with Crippen molar-refractivity contribution in [2.24, 2.45) is 0 Å². The second kappa shape index (κ2) is 7.68. The molecule has 7 heteroatoms. The number of rotatable bonds is 4. The minimum absolute atomic E-state index is 0.143. The Balaban J connectivity index is 1.84. The molecule has 0 atom stereocenters. The van der Waals surface area contributed by atoms with Crippen LogP contribution in [0.25, 0.3) is 0 Å². The molecule has 2 aromatic heterocycles. The second-order valence-electron chi connectivity index (χ2n) is 5.69. The molecule has 0 aromatic carbocycles. The van der Waals surface area contributed by atoms with Crippen LogP contribution in [0.3, 0.4) is 0 Å². The highest BCUT2D eigenvalue weighted by atomic mass is 35.5. The van der Waals surface area contributed by atoms with Crippen molar-refractivity contribution in [3.8, 4) is 0 Å². The van der Waals surface area contributed by atoms with E-state index in [0.29, 0.717) is 14.9 Å². The first-order valence-electron chi connectivity index (χ1n) is 7.85. The molecular weight excluding hydrogens is 366 g/mol. The number of carbonyl (C=O) groups is 2. The largest absolute Gasteiger partial charge is 0.465 e. The van der Waals surface area contributed by atoms with E-state index in [1.807, 2.05) is 6.07 Å². The molecule has 4 nitrogen and oxygen atoms in total. The topological polar surface area (TPSA) is 55.4 Å². The fourth-order valence-corrected chi connectivity index (χ4v) is 5.30. The molecule has 0 radical (unpaired) electrons. The van der Waals surface area contributed by atoms with Crippen LogP contribution in [0.2, 0.25) is 4.34 Å². The van der Waals surface area contributed by atoms with Crippen LogP contribution in [0.1, 0.15) is 44.9 Å². The molecule has 1 aliphatic carbocycles. The number of fused-ring (bicyclic) bond motifs is 1. The van der Waals surface area contributed by atoms with Crippen LogP contribution < -0.4 is 5.32 Å². The van der Waals surface area contributed by atoms with Gasteiger partial charge in [0.05, 0.1) is 23.4 Å². The molecule has 0 saturated carbocycles. The predicted molar refractivity (Wildman–Crippen MR) is 98.6 cm³/mol. The summed E-state index contributed by atoms with van der Waals surface area (Å²) in [4.78, 5) is 26.7. The van der Waals surface area contributed by atoms with Gasteiger partial charge in [-0.3, -0.25) is 4.79 Å². The molecule has 3 rings (SSSR count). The Morgan fingerprint density at radius 3 is 2.71 bits per heavy atom. The molecule has 0 saturated heterocycles. The molecule has 1 aliphatic rings. The van der Waals surface area contributed by atoms with Crippen molar-refractivity contribution in [2.75, 3.05) is 12.4 Å². The van der Waals surface area contributed by atoms with E-state index in [1.165, 1.54) is 41.1 Å². The molecule has 1 N–H and O–H groups in total. The Bertz CT molecular complexity index is 766. The van der Waals surface area contributed by atoms with Gasteiger partial charge in [0.2, 0.25) is 5.91 Å². The Morgan fingerprint density at radius 1 is 1.21 bits per heavy atom. The van der Waals surface area contributed by atoms with Gasteiger partial charge in [-0.15, -0.1) is 22.7 Å². The smallest absolute Gasteiger partial charge is 0.341 e. The third-order valence-electron chi connectivity index (χ3n) is 4.03. The molecule has 0 unspecified atom stereocenters. The van der Waals surface area contributed by atoms with E-state index in [0.717, 1.165) is 36.1 Å². The summed E-state index contributed by atoms with van der Waals surface area (Å²) in [7, 11) is 1.38. The molecule has 0 bridgehead atoms. The Labute approximate surface area is 153 Å². The zero-order valence-electron chi connectivity index (χ0n) is 13.3. The summed E-state index contributed by atoms with van der Waals surface area (Å²) in [6.45, 7) is 0. The summed E-state index contributed by atoms with van der Waals surface area (Å²) in [5.41, 5.74) is 1.59. The van der Waals surface area contributed by atoms with Crippen LogP contribution >= 0.6 is 34.3 Å². The Kier molecular flexibility index (Phi) is 5.58. The van der Waals surface area contributed by atoms with Crippen LogP contribution in [0.4, 0.5) is 5.00 Å². The number of methoxy groups -OCH3 is 1. The van der Waals surface area contributed by atoms with E-state index in [2.05, 4.69) is 5.32 Å². The second-order valence-corrected chi connectivity index (χ2v) is 8.60. The average Bonchev–Trinajstić information content (AvgIpc) is 3.02. The van der Waals surface area contributed by atoms with Crippen molar-refractivity contribution in [1.29, 1.82) is 0 Å². The van der Waals surface area contributed by atoms with Crippen LogP contribution in [-0.4, -0.2) is 19.0 Å². The quantitative estimate of drug-likeness (QED) is 0.615. The standard InChI is InChI=1S/C17H18ClNO3S2/c1-22-17(21)15-11-5-3-2-4-6-12(11)24-16(15)19-14(20)9-10-7-8-13(18)23-10/h7-8H,2-6,9H2,1H3,(H,19,20). The number of hydrogen-bond acceptors (Lipinski definition) is 5. The Hall–Kier alpha value is -1.37. The van der Waals surface area contributed by atoms with E-state index in [4.69, 9.17) is 16.3 Å². The van der Waals surface area contributed by atoms with Crippen molar-refractivity contribution in [3.05, 3.63) is 37.4 Å². The average molecular weight is 384 g/mol. The lowest BCUT2D eigenvalue weighted by atomic mass is 10.1. The Morgan fingerprint density at radius 2 is 2.00 bits per heavy atom. The molecule has 128 valence electrons. The van der Waals surface area contributed by atoms with Crippen LogP contribution in [0.5, 0.6) is 0 Å². The molecule has 1 amide bonds. The van der Waals surface area contributed by atoms with Crippen molar-refractivity contribution < 1.29 is 14.3 Å². The van der Waals surface area contributed by atoms with Gasteiger partial charge < -0.3 is 10.1 Å². The summed E-state index contributed by atoms with van der Waals surface area (Å²) in [5, 5.41) is 3.52. The number of anilines is 1. The normalized spacial score (nSPS) is 13.9. The van der Waals surface area contributed by atoms with E-state index < -0.39 is 0 Å². The third-order valence-corrected chi connectivity index (χ3v) is 6.47. The molecule has 2 aromatic rings. The van der Waals surface area contributed by atoms with Gasteiger partial charge in [-0.1, -0.05) is 18.0 Å². The third kappa shape index (κ3) is 3.82. The lowest BCUT2D eigenvalue weighted by Crippen LogP contribution is -2.16. The lowest BCUT2D eigenvalue weighted by Gasteiger charge is -2.07. The van der Waals surface area contributed by atoms with Crippen molar-refractivity contribution in [2.45, 2.75) is 38.5 Å². The number of nitrogens with one attached hydrogen (secondary N) is 1. The zero-order valence-corrected chi connectivity index (χ0v) is 15.7. The highest BCUT2D eigenvalue weighted by Gasteiger charge is 2.26. The number of ether oxygens (including phenoxy) is 1. The number of aryl methyl sites for hydroxylation is 1. The summed E-state index contributed by atoms with van der Waals surface area (Å²) in [5.74, 6) is -0.515. The first-order valence-corrected chi connectivity index (χ1v) is 9.86. The maximum absolute atomic E-state index is 12.3. The highest BCUT2D eigenvalue weighted by molar-refractivity contribution is 7.17. The van der Waals surface area contributed by atoms with Crippen LogP contribution in [0, 0.1) is 0 Å². The van der Waals surface area contributed by atoms with Crippen LogP contribution in [-0.2, 0) is 28.8 Å². The predicted octanol–water partition coefficient (Wildman–Crippen LogP) is 4.70. The van der Waals surface area contributed by atoms with Gasteiger partial charge in [-0.2, -0.15) is 0 Å². The van der Waals surface area contributed by atoms with Crippen molar-refractivity contribution >= 4 is 51.2 Å². The minimum Gasteiger partial charge on any atom is -0.465 e. The molecule has 2 heterocycles. The summed E-state index contributed by atoms with van der Waals surface area (Å²) in [6.07, 6.45) is 5.43. The van der Waals surface area contributed by atoms with E-state index >= 15 is 0 Å². The molecule has 0 spiro atoms. The van der Waals surface area contributed by atoms with Crippen molar-refractivity contribution in [3.63, 3.8) is 0 Å². The highest BCUT2D eigenvalue weighted by Crippen LogP contribution is 2.38. The van der Waals surface area contributed by atoms with Gasteiger partial charge in [0, 0.05) is 9.75 Å². The molecule has 24 heavy (non-hydrogen) atoms. The van der Waals surface area contributed by atoms with E-state index in [9.17, 15) is 9.59 Å². The number of halogens is 1.